The summed E-state index contributed by atoms with van der Waals surface area (Å²) >= 11 is 0. The number of piperidine rings is 1. The maximum Gasteiger partial charge on any atom is 0.253 e. The first kappa shape index (κ1) is 20.7. The van der Waals surface area contributed by atoms with Gasteiger partial charge in [0, 0.05) is 37.3 Å². The van der Waals surface area contributed by atoms with Crippen LogP contribution in [0.25, 0.3) is 10.9 Å². The van der Waals surface area contributed by atoms with Crippen LogP contribution in [-0.2, 0) is 0 Å². The van der Waals surface area contributed by atoms with Crippen LogP contribution in [-0.4, -0.2) is 63.1 Å². The molecule has 1 fully saturated rings. The van der Waals surface area contributed by atoms with Gasteiger partial charge in [-0.2, -0.15) is 5.10 Å². The van der Waals surface area contributed by atoms with Gasteiger partial charge >= 0.3 is 0 Å². The third-order valence-electron chi connectivity index (χ3n) is 5.26. The van der Waals surface area contributed by atoms with Crippen molar-refractivity contribution in [3.8, 4) is 0 Å². The van der Waals surface area contributed by atoms with Crippen molar-refractivity contribution in [2.45, 2.75) is 57.8 Å². The minimum Gasteiger partial charge on any atom is -0.389 e. The number of halogens is 1. The minimum absolute atomic E-state index is 0.0104. The fourth-order valence-corrected chi connectivity index (χ4v) is 3.68. The summed E-state index contributed by atoms with van der Waals surface area (Å²) in [6.45, 7) is 9.23. The molecular weight excluding hydrogens is 359 g/mol. The smallest absolute Gasteiger partial charge is 0.253 e. The Kier molecular flexibility index (Phi) is 5.77. The topological polar surface area (TPSA) is 70.4 Å². The number of fused-ring (bicyclic) bond motifs is 1. The highest BCUT2D eigenvalue weighted by Gasteiger charge is 2.36. The van der Waals surface area contributed by atoms with Crippen molar-refractivity contribution in [3.63, 3.8) is 0 Å². The molecule has 3 rings (SSSR count). The van der Waals surface area contributed by atoms with Gasteiger partial charge in [0.05, 0.1) is 17.7 Å². The van der Waals surface area contributed by atoms with Crippen LogP contribution in [0.3, 0.4) is 0 Å². The molecular formula is C21H31FN4O2. The predicted molar refractivity (Wildman–Crippen MR) is 108 cm³/mol. The summed E-state index contributed by atoms with van der Waals surface area (Å²) in [5, 5.41) is 18.1. The van der Waals surface area contributed by atoms with Gasteiger partial charge in [-0.25, -0.2) is 4.39 Å². The molecule has 1 aromatic heterocycles. The van der Waals surface area contributed by atoms with Gasteiger partial charge < -0.3 is 15.3 Å². The van der Waals surface area contributed by atoms with Crippen LogP contribution in [0.2, 0.25) is 0 Å². The van der Waals surface area contributed by atoms with E-state index in [1.54, 1.807) is 19.9 Å². The molecule has 0 atom stereocenters. The highest BCUT2D eigenvalue weighted by atomic mass is 19.1. The molecule has 1 saturated heterocycles. The fourth-order valence-electron chi connectivity index (χ4n) is 3.68. The lowest BCUT2D eigenvalue weighted by Crippen LogP contribution is -2.50. The minimum atomic E-state index is -1.42. The Hall–Kier alpha value is -1.99. The first-order chi connectivity index (χ1) is 13.1. The van der Waals surface area contributed by atoms with E-state index in [1.807, 2.05) is 36.9 Å². The maximum absolute atomic E-state index is 15.2. The van der Waals surface area contributed by atoms with Crippen molar-refractivity contribution in [2.24, 2.45) is 0 Å². The molecule has 0 spiro atoms. The average Bonchev–Trinajstić information content (AvgIpc) is 3.05. The zero-order chi connectivity index (χ0) is 20.5. The second kappa shape index (κ2) is 7.79. The highest BCUT2D eigenvalue weighted by Crippen LogP contribution is 2.27. The summed E-state index contributed by atoms with van der Waals surface area (Å²) < 4.78 is 17.0. The SMILES string of the molecule is CC(C)n1cc2cccc(C(=O)NCC3(F)CCN(CC(C)(C)O)CC3)c2n1. The Morgan fingerprint density at radius 3 is 2.64 bits per heavy atom. The number of amides is 1. The Morgan fingerprint density at radius 2 is 2.04 bits per heavy atom. The van der Waals surface area contributed by atoms with Gasteiger partial charge in [0.15, 0.2) is 0 Å². The summed E-state index contributed by atoms with van der Waals surface area (Å²) in [5.74, 6) is -0.296. The van der Waals surface area contributed by atoms with Crippen molar-refractivity contribution in [3.05, 3.63) is 30.0 Å². The van der Waals surface area contributed by atoms with E-state index in [2.05, 4.69) is 15.3 Å². The number of aromatic nitrogens is 2. The lowest BCUT2D eigenvalue weighted by Gasteiger charge is -2.38. The number of nitrogens with one attached hydrogen (secondary N) is 1. The number of alkyl halides is 1. The van der Waals surface area contributed by atoms with E-state index in [4.69, 9.17) is 0 Å². The normalized spacial score (nSPS) is 18.0. The number of hydrogen-bond donors (Lipinski definition) is 2. The average molecular weight is 391 g/mol. The zero-order valence-electron chi connectivity index (χ0n) is 17.2. The van der Waals surface area contributed by atoms with Gasteiger partial charge in [0.2, 0.25) is 0 Å². The molecule has 28 heavy (non-hydrogen) atoms. The maximum atomic E-state index is 15.2. The largest absolute Gasteiger partial charge is 0.389 e. The van der Waals surface area contributed by atoms with E-state index >= 15 is 4.39 Å². The molecule has 7 heteroatoms. The lowest BCUT2D eigenvalue weighted by atomic mass is 9.92. The number of likely N-dealkylation sites (tertiary alicyclic amines) is 1. The third-order valence-corrected chi connectivity index (χ3v) is 5.26. The van der Waals surface area contributed by atoms with Crippen LogP contribution < -0.4 is 5.32 Å². The molecule has 1 aliphatic heterocycles. The lowest BCUT2D eigenvalue weighted by molar-refractivity contribution is -0.000321. The first-order valence-corrected chi connectivity index (χ1v) is 9.96. The summed E-state index contributed by atoms with van der Waals surface area (Å²) in [6.07, 6.45) is 2.61. The van der Waals surface area contributed by atoms with E-state index in [-0.39, 0.29) is 18.5 Å². The Bertz CT molecular complexity index is 833. The molecule has 0 bridgehead atoms. The number of carbonyl (C=O) groups is 1. The predicted octanol–water partition coefficient (Wildman–Crippen LogP) is 2.92. The number of carbonyl (C=O) groups excluding carboxylic acids is 1. The molecule has 2 aromatic rings. The molecule has 1 aromatic carbocycles. The fraction of sp³-hybridized carbons (Fsp3) is 0.619. The molecule has 1 amide bonds. The quantitative estimate of drug-likeness (QED) is 0.796. The molecule has 2 heterocycles. The van der Waals surface area contributed by atoms with Gasteiger partial charge in [-0.3, -0.25) is 9.48 Å². The van der Waals surface area contributed by atoms with Crippen LogP contribution in [0, 0.1) is 0 Å². The second-order valence-corrected chi connectivity index (χ2v) is 8.87. The van der Waals surface area contributed by atoms with Gasteiger partial charge in [0.25, 0.3) is 5.91 Å². The summed E-state index contributed by atoms with van der Waals surface area (Å²) in [4.78, 5) is 14.8. The van der Waals surface area contributed by atoms with E-state index < -0.39 is 11.3 Å². The monoisotopic (exact) mass is 390 g/mol. The Labute approximate surface area is 165 Å². The van der Waals surface area contributed by atoms with E-state index in [0.717, 1.165) is 5.39 Å². The van der Waals surface area contributed by atoms with Crippen LogP contribution >= 0.6 is 0 Å². The molecule has 154 valence electrons. The second-order valence-electron chi connectivity index (χ2n) is 8.87. The van der Waals surface area contributed by atoms with Crippen molar-refractivity contribution < 1.29 is 14.3 Å². The first-order valence-electron chi connectivity index (χ1n) is 9.96. The third kappa shape index (κ3) is 4.89. The highest BCUT2D eigenvalue weighted by molar-refractivity contribution is 6.05. The number of β-amino-alcohol motifs (C(OH)–C–C–N with tert-alkyl or cyclic N) is 1. The summed E-state index contributed by atoms with van der Waals surface area (Å²) in [6, 6.07) is 5.68. The number of rotatable bonds is 6. The summed E-state index contributed by atoms with van der Waals surface area (Å²) in [5.41, 5.74) is -1.10. The molecule has 0 aliphatic carbocycles. The van der Waals surface area contributed by atoms with E-state index in [9.17, 15) is 9.90 Å². The molecule has 2 N–H and O–H groups in total. The van der Waals surface area contributed by atoms with Crippen molar-refractivity contribution in [2.75, 3.05) is 26.2 Å². The number of nitrogens with zero attached hydrogens (tertiary/aromatic N) is 3. The van der Waals surface area contributed by atoms with Crippen molar-refractivity contribution in [1.29, 1.82) is 0 Å². The van der Waals surface area contributed by atoms with Gasteiger partial charge in [0.1, 0.15) is 11.2 Å². The zero-order valence-corrected chi connectivity index (χ0v) is 17.2. The number of hydrogen-bond acceptors (Lipinski definition) is 4. The molecule has 6 nitrogen and oxygen atoms in total. The molecule has 0 radical (unpaired) electrons. The Morgan fingerprint density at radius 1 is 1.36 bits per heavy atom. The summed E-state index contributed by atoms with van der Waals surface area (Å²) in [7, 11) is 0. The molecule has 0 saturated carbocycles. The van der Waals surface area contributed by atoms with Gasteiger partial charge in [-0.05, 0) is 46.6 Å². The number of benzene rings is 1. The standard InChI is InChI=1S/C21H31FN4O2/c1-15(2)26-12-16-6-5-7-17(18(16)24-26)19(27)23-13-21(22)8-10-25(11-9-21)14-20(3,4)28/h5-7,12,15,28H,8-11,13-14H2,1-4H3,(H,23,27). The van der Waals surface area contributed by atoms with Crippen LogP contribution in [0.5, 0.6) is 0 Å². The van der Waals surface area contributed by atoms with Crippen LogP contribution in [0.1, 0.15) is 56.9 Å². The Balaban J connectivity index is 1.62. The molecule has 0 unspecified atom stereocenters. The van der Waals surface area contributed by atoms with Gasteiger partial charge in [-0.1, -0.05) is 12.1 Å². The van der Waals surface area contributed by atoms with Crippen LogP contribution in [0.4, 0.5) is 4.39 Å². The number of aliphatic hydroxyl groups is 1. The van der Waals surface area contributed by atoms with Crippen molar-refractivity contribution >= 4 is 16.8 Å². The van der Waals surface area contributed by atoms with E-state index in [1.165, 1.54) is 0 Å². The van der Waals surface area contributed by atoms with Gasteiger partial charge in [-0.15, -0.1) is 0 Å². The van der Waals surface area contributed by atoms with E-state index in [0.29, 0.717) is 43.6 Å². The molecule has 1 aliphatic rings. The van der Waals surface area contributed by atoms with Crippen LogP contribution in [0.15, 0.2) is 24.4 Å². The van der Waals surface area contributed by atoms with Crippen molar-refractivity contribution in [1.82, 2.24) is 20.0 Å².